The second-order valence-corrected chi connectivity index (χ2v) is 5.58. The van der Waals surface area contributed by atoms with Gasteiger partial charge in [-0.2, -0.15) is 0 Å². The Morgan fingerprint density at radius 3 is 2.24 bits per heavy atom. The number of aryl methyl sites for hydroxylation is 1. The highest BCUT2D eigenvalue weighted by molar-refractivity contribution is 7.91. The van der Waals surface area contributed by atoms with Crippen molar-refractivity contribution in [3.05, 3.63) is 59.0 Å². The van der Waals surface area contributed by atoms with Crippen LogP contribution in [0.25, 0.3) is 0 Å². The fraction of sp³-hybridized carbons (Fsp3) is 0.0833. The van der Waals surface area contributed by atoms with Gasteiger partial charge in [0.1, 0.15) is 0 Å². The van der Waals surface area contributed by atoms with Crippen molar-refractivity contribution in [2.75, 3.05) is 0 Å². The molecule has 17 heavy (non-hydrogen) atoms. The lowest BCUT2D eigenvalue weighted by Gasteiger charge is -2.04. The second kappa shape index (κ2) is 4.18. The van der Waals surface area contributed by atoms with Gasteiger partial charge in [0.05, 0.1) is 9.79 Å². The number of benzene rings is 1. The molecule has 0 aliphatic carbocycles. The third kappa shape index (κ3) is 2.14. The van der Waals surface area contributed by atoms with Crippen LogP contribution < -0.4 is 5.56 Å². The minimum Gasteiger partial charge on any atom is -0.319 e. The van der Waals surface area contributed by atoms with Crippen molar-refractivity contribution >= 4 is 9.84 Å². The number of rotatable bonds is 2. The Morgan fingerprint density at radius 1 is 1.00 bits per heavy atom. The average molecular weight is 249 g/mol. The molecule has 0 bridgehead atoms. The van der Waals surface area contributed by atoms with Crippen LogP contribution in [0.2, 0.25) is 0 Å². The molecule has 0 unspecified atom stereocenters. The van der Waals surface area contributed by atoms with Gasteiger partial charge in [0.15, 0.2) is 0 Å². The van der Waals surface area contributed by atoms with Crippen LogP contribution in [0.5, 0.6) is 0 Å². The van der Waals surface area contributed by atoms with Gasteiger partial charge in [0.25, 0.3) is 5.56 Å². The lowest BCUT2D eigenvalue weighted by Crippen LogP contribution is -2.16. The van der Waals surface area contributed by atoms with Gasteiger partial charge in [0, 0.05) is 19.3 Å². The molecule has 0 radical (unpaired) electrons. The number of pyridine rings is 1. The molecule has 1 heterocycles. The lowest BCUT2D eigenvalue weighted by atomic mass is 10.4. The summed E-state index contributed by atoms with van der Waals surface area (Å²) in [7, 11) is -2.02. The zero-order valence-electron chi connectivity index (χ0n) is 9.20. The molecule has 1 aromatic heterocycles. The van der Waals surface area contributed by atoms with Gasteiger partial charge in [0.2, 0.25) is 9.84 Å². The smallest absolute Gasteiger partial charge is 0.251 e. The van der Waals surface area contributed by atoms with Crippen molar-refractivity contribution in [3.8, 4) is 0 Å². The molecule has 0 N–H and O–H groups in total. The zero-order valence-corrected chi connectivity index (χ0v) is 10.0. The number of nitrogens with zero attached hydrogens (tertiary/aromatic N) is 1. The molecule has 4 nitrogen and oxygen atoms in total. The summed E-state index contributed by atoms with van der Waals surface area (Å²) in [5.41, 5.74) is -0.345. The Morgan fingerprint density at radius 2 is 1.65 bits per heavy atom. The average Bonchev–Trinajstić information content (AvgIpc) is 2.33. The highest BCUT2D eigenvalue weighted by atomic mass is 32.2. The largest absolute Gasteiger partial charge is 0.319 e. The maximum atomic E-state index is 12.1. The number of sulfone groups is 1. The van der Waals surface area contributed by atoms with E-state index in [-0.39, 0.29) is 15.4 Å². The molecule has 0 spiro atoms. The fourth-order valence-corrected chi connectivity index (χ4v) is 2.72. The van der Waals surface area contributed by atoms with Crippen molar-refractivity contribution in [2.24, 2.45) is 7.05 Å². The van der Waals surface area contributed by atoms with E-state index >= 15 is 0 Å². The van der Waals surface area contributed by atoms with Crippen molar-refractivity contribution in [1.29, 1.82) is 0 Å². The Kier molecular flexibility index (Phi) is 2.85. The molecule has 0 aliphatic rings. The summed E-state index contributed by atoms with van der Waals surface area (Å²) in [6, 6.07) is 10.6. The van der Waals surface area contributed by atoms with Crippen LogP contribution in [0.3, 0.4) is 0 Å². The minimum absolute atomic E-state index is 0.0202. The van der Waals surface area contributed by atoms with Gasteiger partial charge in [-0.1, -0.05) is 18.2 Å². The molecule has 0 saturated carbocycles. The predicted octanol–water partition coefficient (Wildman–Crippen LogP) is 1.22. The van der Waals surface area contributed by atoms with Gasteiger partial charge < -0.3 is 4.57 Å². The molecule has 0 amide bonds. The van der Waals surface area contributed by atoms with Crippen LogP contribution in [-0.4, -0.2) is 13.0 Å². The van der Waals surface area contributed by atoms with Gasteiger partial charge >= 0.3 is 0 Å². The van der Waals surface area contributed by atoms with Crippen molar-refractivity contribution in [2.45, 2.75) is 9.79 Å². The summed E-state index contributed by atoms with van der Waals surface area (Å²) in [4.78, 5) is 11.6. The second-order valence-electron chi connectivity index (χ2n) is 3.63. The van der Waals surface area contributed by atoms with Crippen LogP contribution in [0.1, 0.15) is 0 Å². The maximum Gasteiger partial charge on any atom is 0.251 e. The maximum absolute atomic E-state index is 12.1. The summed E-state index contributed by atoms with van der Waals surface area (Å²) < 4.78 is 25.6. The minimum atomic E-state index is -3.59. The van der Waals surface area contributed by atoms with Crippen molar-refractivity contribution < 1.29 is 8.42 Å². The third-order valence-electron chi connectivity index (χ3n) is 2.44. The van der Waals surface area contributed by atoms with Crippen LogP contribution in [-0.2, 0) is 16.9 Å². The number of hydrogen-bond donors (Lipinski definition) is 0. The Balaban J connectivity index is 2.61. The molecule has 1 aromatic carbocycles. The first-order valence-corrected chi connectivity index (χ1v) is 6.47. The normalized spacial score (nSPS) is 11.4. The van der Waals surface area contributed by atoms with E-state index in [9.17, 15) is 13.2 Å². The highest BCUT2D eigenvalue weighted by Gasteiger charge is 2.17. The SMILES string of the molecule is Cn1ccc(S(=O)(=O)c2ccccc2)cc1=O. The van der Waals surface area contributed by atoms with E-state index in [2.05, 4.69) is 0 Å². The standard InChI is InChI=1S/C12H11NO3S/c1-13-8-7-11(9-12(13)14)17(15,16)10-5-3-2-4-6-10/h2-9H,1H3. The van der Waals surface area contributed by atoms with E-state index < -0.39 is 9.84 Å². The summed E-state index contributed by atoms with van der Waals surface area (Å²) in [6.07, 6.45) is 1.44. The first-order valence-electron chi connectivity index (χ1n) is 4.98. The first-order chi connectivity index (χ1) is 8.01. The van der Waals surface area contributed by atoms with Crippen LogP contribution >= 0.6 is 0 Å². The quantitative estimate of drug-likeness (QED) is 0.804. The summed E-state index contributed by atoms with van der Waals surface area (Å²) in [6.45, 7) is 0. The Hall–Kier alpha value is -1.88. The van der Waals surface area contributed by atoms with Crippen molar-refractivity contribution in [1.82, 2.24) is 4.57 Å². The molecular weight excluding hydrogens is 238 g/mol. The van der Waals surface area contributed by atoms with Crippen LogP contribution in [0, 0.1) is 0 Å². The highest BCUT2D eigenvalue weighted by Crippen LogP contribution is 2.18. The van der Waals surface area contributed by atoms with E-state index in [1.807, 2.05) is 0 Å². The van der Waals surface area contributed by atoms with E-state index in [1.54, 1.807) is 25.2 Å². The molecule has 0 saturated heterocycles. The topological polar surface area (TPSA) is 56.1 Å². The third-order valence-corrected chi connectivity index (χ3v) is 4.21. The summed E-state index contributed by atoms with van der Waals surface area (Å²) in [5.74, 6) is 0. The summed E-state index contributed by atoms with van der Waals surface area (Å²) >= 11 is 0. The Bertz CT molecular complexity index is 687. The van der Waals surface area contributed by atoms with E-state index in [1.165, 1.54) is 29.0 Å². The molecule has 2 aromatic rings. The van der Waals surface area contributed by atoms with Gasteiger partial charge in [-0.25, -0.2) is 8.42 Å². The van der Waals surface area contributed by atoms with E-state index in [4.69, 9.17) is 0 Å². The molecule has 0 atom stereocenters. The zero-order chi connectivity index (χ0) is 12.5. The van der Waals surface area contributed by atoms with Crippen LogP contribution in [0.4, 0.5) is 0 Å². The molecular formula is C12H11NO3S. The lowest BCUT2D eigenvalue weighted by molar-refractivity contribution is 0.595. The predicted molar refractivity (Wildman–Crippen MR) is 63.6 cm³/mol. The molecule has 2 rings (SSSR count). The summed E-state index contributed by atoms with van der Waals surface area (Å²) in [5, 5.41) is 0. The monoisotopic (exact) mass is 249 g/mol. The Labute approximate surface area is 99.1 Å². The van der Waals surface area contributed by atoms with Gasteiger partial charge in [-0.05, 0) is 18.2 Å². The van der Waals surface area contributed by atoms with E-state index in [0.717, 1.165) is 6.07 Å². The molecule has 5 heteroatoms. The van der Waals surface area contributed by atoms with E-state index in [0.29, 0.717) is 0 Å². The number of aromatic nitrogens is 1. The molecule has 0 fully saturated rings. The fourth-order valence-electron chi connectivity index (χ4n) is 1.43. The molecule has 88 valence electrons. The first kappa shape index (κ1) is 11.6. The number of hydrogen-bond acceptors (Lipinski definition) is 3. The van der Waals surface area contributed by atoms with Gasteiger partial charge in [-0.3, -0.25) is 4.79 Å². The van der Waals surface area contributed by atoms with Gasteiger partial charge in [-0.15, -0.1) is 0 Å². The molecule has 0 aliphatic heterocycles. The van der Waals surface area contributed by atoms with Crippen molar-refractivity contribution in [3.63, 3.8) is 0 Å². The van der Waals surface area contributed by atoms with Crippen LogP contribution in [0.15, 0.2) is 63.2 Å².